The normalized spacial score (nSPS) is 10.5. The van der Waals surface area contributed by atoms with E-state index in [0.717, 1.165) is 0 Å². The van der Waals surface area contributed by atoms with Crippen molar-refractivity contribution >= 4 is 17.7 Å². The van der Waals surface area contributed by atoms with Crippen molar-refractivity contribution in [2.75, 3.05) is 6.61 Å². The number of ether oxygens (including phenoxy) is 2. The summed E-state index contributed by atoms with van der Waals surface area (Å²) >= 11 is 0. The van der Waals surface area contributed by atoms with Gasteiger partial charge in [0, 0.05) is 6.07 Å². The van der Waals surface area contributed by atoms with Gasteiger partial charge in [0.1, 0.15) is 11.3 Å². The molecular weight excluding hydrogens is 248 g/mol. The van der Waals surface area contributed by atoms with E-state index >= 15 is 0 Å². The third kappa shape index (κ3) is 4.52. The molecule has 6 nitrogen and oxygen atoms in total. The Morgan fingerprint density at radius 1 is 1.42 bits per heavy atom. The monoisotopic (exact) mass is 264 g/mol. The first-order chi connectivity index (χ1) is 8.87. The van der Waals surface area contributed by atoms with Gasteiger partial charge in [-0.2, -0.15) is 4.99 Å². The molecule has 6 heteroatoms. The highest BCUT2D eigenvalue weighted by Crippen LogP contribution is 2.23. The van der Waals surface area contributed by atoms with Crippen LogP contribution in [0.2, 0.25) is 0 Å². The highest BCUT2D eigenvalue weighted by atomic mass is 16.5. The van der Waals surface area contributed by atoms with Crippen LogP contribution in [0.5, 0.6) is 5.88 Å². The van der Waals surface area contributed by atoms with Crippen LogP contribution in [0.1, 0.15) is 38.2 Å². The zero-order valence-electron chi connectivity index (χ0n) is 11.4. The molecule has 0 saturated heterocycles. The number of esters is 1. The maximum absolute atomic E-state index is 11.7. The molecule has 0 unspecified atom stereocenters. The lowest BCUT2D eigenvalue weighted by Gasteiger charge is -2.20. The molecular formula is C13H16N2O4. The lowest BCUT2D eigenvalue weighted by molar-refractivity contribution is 0.0516. The number of carbonyl (C=O) groups is 1. The highest BCUT2D eigenvalue weighted by Gasteiger charge is 2.19. The van der Waals surface area contributed by atoms with Crippen molar-refractivity contribution in [1.29, 1.82) is 0 Å². The van der Waals surface area contributed by atoms with Crippen LogP contribution in [0.3, 0.4) is 0 Å². The summed E-state index contributed by atoms with van der Waals surface area (Å²) < 4.78 is 10.4. The first kappa shape index (κ1) is 14.9. The highest BCUT2D eigenvalue weighted by molar-refractivity contribution is 5.93. The van der Waals surface area contributed by atoms with E-state index in [1.54, 1.807) is 6.92 Å². The molecule has 0 saturated carbocycles. The molecule has 0 N–H and O–H groups in total. The van der Waals surface area contributed by atoms with Gasteiger partial charge in [-0.25, -0.2) is 14.6 Å². The molecule has 0 aromatic carbocycles. The summed E-state index contributed by atoms with van der Waals surface area (Å²) in [5.74, 6) is -0.392. The zero-order valence-corrected chi connectivity index (χ0v) is 11.4. The predicted octanol–water partition coefficient (Wildman–Crippen LogP) is 2.40. The lowest BCUT2D eigenvalue weighted by Crippen LogP contribution is -2.24. The van der Waals surface area contributed by atoms with E-state index in [9.17, 15) is 9.59 Å². The minimum atomic E-state index is -0.657. The van der Waals surface area contributed by atoms with Crippen LogP contribution >= 0.6 is 0 Å². The second kappa shape index (κ2) is 6.11. The quantitative estimate of drug-likeness (QED) is 0.474. The van der Waals surface area contributed by atoms with Gasteiger partial charge in [0.2, 0.25) is 12.0 Å². The summed E-state index contributed by atoms with van der Waals surface area (Å²) in [5, 5.41) is 0. The summed E-state index contributed by atoms with van der Waals surface area (Å²) in [6.45, 7) is 7.45. The summed E-state index contributed by atoms with van der Waals surface area (Å²) in [4.78, 5) is 29.5. The Bertz CT molecular complexity index is 514. The molecule has 1 aromatic rings. The van der Waals surface area contributed by atoms with Gasteiger partial charge in [0.05, 0.1) is 6.61 Å². The molecule has 0 aliphatic heterocycles. The number of aromatic nitrogens is 1. The zero-order chi connectivity index (χ0) is 14.5. The smallest absolute Gasteiger partial charge is 0.359 e. The average Bonchev–Trinajstić information content (AvgIpc) is 2.29. The minimum absolute atomic E-state index is 0.0630. The van der Waals surface area contributed by atoms with E-state index in [1.165, 1.54) is 18.2 Å². The van der Waals surface area contributed by atoms with Crippen molar-refractivity contribution in [3.63, 3.8) is 0 Å². The maximum Gasteiger partial charge on any atom is 0.359 e. The van der Waals surface area contributed by atoms with Gasteiger partial charge in [0.25, 0.3) is 0 Å². The van der Waals surface area contributed by atoms with E-state index in [-0.39, 0.29) is 23.9 Å². The summed E-state index contributed by atoms with van der Waals surface area (Å²) in [6.07, 6.45) is 1.38. The number of hydrogen-bond acceptors (Lipinski definition) is 6. The number of pyridine rings is 1. The molecule has 0 amide bonds. The van der Waals surface area contributed by atoms with E-state index in [4.69, 9.17) is 9.47 Å². The number of carbonyl (C=O) groups excluding carboxylic acids is 2. The largest absolute Gasteiger partial charge is 0.472 e. The molecule has 0 spiro atoms. The number of rotatable bonds is 4. The van der Waals surface area contributed by atoms with Crippen molar-refractivity contribution in [3.05, 3.63) is 17.8 Å². The molecule has 1 aromatic heterocycles. The molecule has 19 heavy (non-hydrogen) atoms. The van der Waals surface area contributed by atoms with E-state index in [0.29, 0.717) is 0 Å². The third-order valence-corrected chi connectivity index (χ3v) is 1.89. The number of aliphatic imine (C=N–C) groups is 1. The van der Waals surface area contributed by atoms with Gasteiger partial charge in [-0.1, -0.05) is 0 Å². The Hall–Kier alpha value is -2.20. The Labute approximate surface area is 111 Å². The van der Waals surface area contributed by atoms with Gasteiger partial charge < -0.3 is 9.47 Å². The van der Waals surface area contributed by atoms with E-state index in [1.807, 2.05) is 20.8 Å². The van der Waals surface area contributed by atoms with Gasteiger partial charge >= 0.3 is 5.97 Å². The molecule has 1 heterocycles. The molecule has 0 aliphatic rings. The Balaban J connectivity index is 3.18. The van der Waals surface area contributed by atoms with Gasteiger partial charge in [0.15, 0.2) is 5.69 Å². The fourth-order valence-corrected chi connectivity index (χ4v) is 1.29. The summed E-state index contributed by atoms with van der Waals surface area (Å²) in [7, 11) is 0. The van der Waals surface area contributed by atoms with Crippen LogP contribution in [0.4, 0.5) is 5.69 Å². The van der Waals surface area contributed by atoms with Gasteiger partial charge in [-0.15, -0.1) is 0 Å². The number of isocyanates is 1. The molecule has 1 rings (SSSR count). The third-order valence-electron chi connectivity index (χ3n) is 1.89. The molecule has 0 atom stereocenters. The summed E-state index contributed by atoms with van der Waals surface area (Å²) in [6, 6.07) is 3.00. The van der Waals surface area contributed by atoms with Crippen LogP contribution in [0, 0.1) is 0 Å². The van der Waals surface area contributed by atoms with E-state index < -0.39 is 11.6 Å². The second-order valence-corrected chi connectivity index (χ2v) is 4.66. The standard InChI is InChI=1S/C13H16N2O4/c1-5-18-12(17)11-9(14-8-16)6-7-10(15-11)19-13(2,3)4/h6-7H,5H2,1-4H3. The van der Waals surface area contributed by atoms with Crippen LogP contribution in [0.25, 0.3) is 0 Å². The Kier molecular flexibility index (Phi) is 4.78. The van der Waals surface area contributed by atoms with Crippen LogP contribution in [-0.2, 0) is 9.53 Å². The van der Waals surface area contributed by atoms with Crippen molar-refractivity contribution < 1.29 is 19.1 Å². The van der Waals surface area contributed by atoms with Crippen molar-refractivity contribution in [2.45, 2.75) is 33.3 Å². The minimum Gasteiger partial charge on any atom is -0.472 e. The summed E-state index contributed by atoms with van der Waals surface area (Å²) in [5.41, 5.74) is -0.407. The van der Waals surface area contributed by atoms with Crippen molar-refractivity contribution in [1.82, 2.24) is 4.98 Å². The first-order valence-electron chi connectivity index (χ1n) is 5.82. The second-order valence-electron chi connectivity index (χ2n) is 4.66. The topological polar surface area (TPSA) is 77.8 Å². The number of hydrogen-bond donors (Lipinski definition) is 0. The van der Waals surface area contributed by atoms with Crippen molar-refractivity contribution in [3.8, 4) is 5.88 Å². The lowest BCUT2D eigenvalue weighted by atomic mass is 10.2. The SMILES string of the molecule is CCOC(=O)c1nc(OC(C)(C)C)ccc1N=C=O. The Morgan fingerprint density at radius 3 is 2.63 bits per heavy atom. The van der Waals surface area contributed by atoms with Gasteiger partial charge in [-0.3, -0.25) is 0 Å². The molecule has 102 valence electrons. The van der Waals surface area contributed by atoms with Crippen LogP contribution < -0.4 is 4.74 Å². The fraction of sp³-hybridized carbons (Fsp3) is 0.462. The number of nitrogens with zero attached hydrogens (tertiary/aromatic N) is 2. The average molecular weight is 264 g/mol. The van der Waals surface area contributed by atoms with Crippen LogP contribution in [-0.4, -0.2) is 29.2 Å². The fourth-order valence-electron chi connectivity index (χ4n) is 1.29. The molecule has 0 radical (unpaired) electrons. The van der Waals surface area contributed by atoms with Crippen LogP contribution in [0.15, 0.2) is 17.1 Å². The molecule has 0 bridgehead atoms. The Morgan fingerprint density at radius 2 is 2.11 bits per heavy atom. The van der Waals surface area contributed by atoms with Crippen molar-refractivity contribution in [2.24, 2.45) is 4.99 Å². The maximum atomic E-state index is 11.7. The predicted molar refractivity (Wildman–Crippen MR) is 68.4 cm³/mol. The molecule has 0 fully saturated rings. The van der Waals surface area contributed by atoms with E-state index in [2.05, 4.69) is 9.98 Å². The van der Waals surface area contributed by atoms with Gasteiger partial charge in [-0.05, 0) is 33.8 Å². The molecule has 0 aliphatic carbocycles. The first-order valence-corrected chi connectivity index (χ1v) is 5.82.